The number of thioether (sulfide) groups is 1. The second-order valence-electron chi connectivity index (χ2n) is 9.27. The predicted molar refractivity (Wildman–Crippen MR) is 141 cm³/mol. The summed E-state index contributed by atoms with van der Waals surface area (Å²) in [5.41, 5.74) is 7.56. The molecule has 1 saturated heterocycles. The van der Waals surface area contributed by atoms with Gasteiger partial charge in [-0.05, 0) is 49.8 Å². The molecule has 37 heavy (non-hydrogen) atoms. The minimum absolute atomic E-state index is 0.00437. The molecule has 1 fully saturated rings. The number of hydrogen-bond donors (Lipinski definition) is 6. The molecule has 3 rings (SSSR count). The van der Waals surface area contributed by atoms with Crippen molar-refractivity contribution in [1.29, 1.82) is 0 Å². The Labute approximate surface area is 219 Å². The van der Waals surface area contributed by atoms with Gasteiger partial charge in [-0.25, -0.2) is 4.79 Å². The minimum atomic E-state index is -1.40. The van der Waals surface area contributed by atoms with Crippen LogP contribution in [0.4, 0.5) is 0 Å². The molecule has 0 spiro atoms. The first-order chi connectivity index (χ1) is 17.6. The number of carbonyl (C=O) groups excluding carboxylic acids is 3. The number of amides is 3. The van der Waals surface area contributed by atoms with Crippen LogP contribution >= 0.6 is 11.8 Å². The van der Waals surface area contributed by atoms with Crippen LogP contribution in [-0.2, 0) is 25.6 Å². The first-order valence-electron chi connectivity index (χ1n) is 12.3. The van der Waals surface area contributed by atoms with E-state index in [9.17, 15) is 29.4 Å². The average Bonchev–Trinajstić information content (AvgIpc) is 3.52. The van der Waals surface area contributed by atoms with E-state index in [1.165, 1.54) is 11.8 Å². The summed E-state index contributed by atoms with van der Waals surface area (Å²) in [5.74, 6) is -2.28. The van der Waals surface area contributed by atoms with Crippen LogP contribution in [0.5, 0.6) is 0 Å². The lowest BCUT2D eigenvalue weighted by Gasteiger charge is -2.29. The van der Waals surface area contributed by atoms with Gasteiger partial charge in [-0.15, -0.1) is 0 Å². The fraction of sp³-hybridized carbons (Fsp3) is 0.520. The molecular formula is C25H35N5O6S. The molecule has 3 amide bonds. The van der Waals surface area contributed by atoms with Gasteiger partial charge in [0.25, 0.3) is 0 Å². The number of aromatic amines is 1. The molecule has 5 unspecified atom stereocenters. The van der Waals surface area contributed by atoms with Crippen LogP contribution in [0.3, 0.4) is 0 Å². The topological polar surface area (TPSA) is 178 Å². The normalized spacial score (nSPS) is 18.7. The van der Waals surface area contributed by atoms with E-state index < -0.39 is 48.1 Å². The number of carboxylic acid groups (broad SMARTS) is 1. The molecule has 12 heteroatoms. The van der Waals surface area contributed by atoms with Gasteiger partial charge >= 0.3 is 5.97 Å². The van der Waals surface area contributed by atoms with E-state index in [1.54, 1.807) is 18.0 Å². The Balaban J connectivity index is 1.68. The molecule has 0 radical (unpaired) electrons. The number of nitrogens with one attached hydrogen (secondary N) is 3. The molecular weight excluding hydrogens is 498 g/mol. The maximum atomic E-state index is 13.1. The number of carbonyl (C=O) groups is 4. The van der Waals surface area contributed by atoms with Gasteiger partial charge < -0.3 is 36.5 Å². The van der Waals surface area contributed by atoms with Crippen molar-refractivity contribution in [3.05, 3.63) is 36.0 Å². The van der Waals surface area contributed by atoms with Gasteiger partial charge in [0.15, 0.2) is 0 Å². The Bertz CT molecular complexity index is 1120. The number of aliphatic hydroxyl groups excluding tert-OH is 1. The van der Waals surface area contributed by atoms with Gasteiger partial charge in [-0.3, -0.25) is 14.4 Å². The van der Waals surface area contributed by atoms with Crippen LogP contribution in [0.25, 0.3) is 10.9 Å². The number of fused-ring (bicyclic) bond motifs is 1. The molecule has 2 heterocycles. The number of nitrogens with two attached hydrogens (primary N) is 1. The molecule has 0 bridgehead atoms. The average molecular weight is 534 g/mol. The summed E-state index contributed by atoms with van der Waals surface area (Å²) in [6.07, 6.45) is 3.80. The standard InChI is InChI=1S/C25H35N5O6S/c1-14(31)21(29-22(32)20-8-5-10-30(20)24(34)17(26)9-11-37-2)23(33)28-19(25(35)36)12-15-13-27-18-7-4-3-6-16(15)18/h3-4,6-7,13-14,17,19-21,27,31H,5,8-12,26H2,1-2H3,(H,28,33)(H,29,32)(H,35,36). The van der Waals surface area contributed by atoms with E-state index in [2.05, 4.69) is 15.6 Å². The van der Waals surface area contributed by atoms with Gasteiger partial charge in [0.2, 0.25) is 17.7 Å². The number of hydrogen-bond acceptors (Lipinski definition) is 7. The lowest BCUT2D eigenvalue weighted by atomic mass is 10.0. The van der Waals surface area contributed by atoms with Crippen molar-refractivity contribution >= 4 is 46.4 Å². The molecule has 1 aliphatic rings. The Kier molecular flexibility index (Phi) is 9.95. The smallest absolute Gasteiger partial charge is 0.326 e. The number of para-hydroxylation sites is 1. The molecule has 0 aliphatic carbocycles. The maximum absolute atomic E-state index is 13.1. The summed E-state index contributed by atoms with van der Waals surface area (Å²) in [5, 5.41) is 25.8. The highest BCUT2D eigenvalue weighted by atomic mass is 32.2. The zero-order valence-corrected chi connectivity index (χ0v) is 21.8. The largest absolute Gasteiger partial charge is 0.480 e. The molecule has 202 valence electrons. The third-order valence-corrected chi connectivity index (χ3v) is 7.21. The lowest BCUT2D eigenvalue weighted by Crippen LogP contribution is -2.59. The van der Waals surface area contributed by atoms with Crippen molar-refractivity contribution in [3.8, 4) is 0 Å². The fourth-order valence-electron chi connectivity index (χ4n) is 4.52. The van der Waals surface area contributed by atoms with E-state index >= 15 is 0 Å². The number of aliphatic hydroxyl groups is 1. The van der Waals surface area contributed by atoms with Crippen molar-refractivity contribution in [1.82, 2.24) is 20.5 Å². The van der Waals surface area contributed by atoms with E-state index in [0.717, 1.165) is 10.9 Å². The molecule has 5 atom stereocenters. The number of nitrogens with zero attached hydrogens (tertiary/aromatic N) is 1. The molecule has 2 aromatic rings. The van der Waals surface area contributed by atoms with E-state index in [1.807, 2.05) is 30.5 Å². The number of aromatic nitrogens is 1. The summed E-state index contributed by atoms with van der Waals surface area (Å²) in [7, 11) is 0. The molecule has 11 nitrogen and oxygen atoms in total. The second kappa shape index (κ2) is 12.9. The third-order valence-electron chi connectivity index (χ3n) is 6.56. The lowest BCUT2D eigenvalue weighted by molar-refractivity contribution is -0.144. The molecule has 7 N–H and O–H groups in total. The summed E-state index contributed by atoms with van der Waals surface area (Å²) < 4.78 is 0. The van der Waals surface area contributed by atoms with Gasteiger partial charge in [0, 0.05) is 30.1 Å². The Morgan fingerprint density at radius 1 is 1.24 bits per heavy atom. The van der Waals surface area contributed by atoms with Gasteiger partial charge in [0.1, 0.15) is 18.1 Å². The second-order valence-corrected chi connectivity index (χ2v) is 10.3. The first kappa shape index (κ1) is 28.5. The third kappa shape index (κ3) is 7.02. The van der Waals surface area contributed by atoms with Crippen LogP contribution in [-0.4, -0.2) is 92.6 Å². The predicted octanol–water partition coefficient (Wildman–Crippen LogP) is 0.217. The number of benzene rings is 1. The van der Waals surface area contributed by atoms with Crippen molar-refractivity contribution in [3.63, 3.8) is 0 Å². The zero-order valence-electron chi connectivity index (χ0n) is 21.0. The first-order valence-corrected chi connectivity index (χ1v) is 13.6. The number of carboxylic acids is 1. The molecule has 1 aromatic carbocycles. The van der Waals surface area contributed by atoms with Gasteiger partial charge in [-0.1, -0.05) is 18.2 Å². The van der Waals surface area contributed by atoms with Crippen LogP contribution in [0, 0.1) is 0 Å². The number of rotatable bonds is 12. The molecule has 1 aromatic heterocycles. The number of H-pyrrole nitrogens is 1. The van der Waals surface area contributed by atoms with Crippen molar-refractivity contribution in [2.45, 2.75) is 62.9 Å². The van der Waals surface area contributed by atoms with E-state index in [0.29, 0.717) is 37.1 Å². The quantitative estimate of drug-likeness (QED) is 0.224. The SMILES string of the molecule is CSCCC(N)C(=O)N1CCCC1C(=O)NC(C(=O)NC(Cc1c[nH]c2ccccc12)C(=O)O)C(C)O. The minimum Gasteiger partial charge on any atom is -0.480 e. The summed E-state index contributed by atoms with van der Waals surface area (Å²) in [4.78, 5) is 55.3. The summed E-state index contributed by atoms with van der Waals surface area (Å²) >= 11 is 1.57. The van der Waals surface area contributed by atoms with Crippen molar-refractivity contribution in [2.24, 2.45) is 5.73 Å². The van der Waals surface area contributed by atoms with Crippen molar-refractivity contribution < 1.29 is 29.4 Å². The molecule has 0 saturated carbocycles. The fourth-order valence-corrected chi connectivity index (χ4v) is 5.01. The van der Waals surface area contributed by atoms with Crippen LogP contribution in [0.2, 0.25) is 0 Å². The van der Waals surface area contributed by atoms with Gasteiger partial charge in [-0.2, -0.15) is 11.8 Å². The van der Waals surface area contributed by atoms with Crippen molar-refractivity contribution in [2.75, 3.05) is 18.6 Å². The summed E-state index contributed by atoms with van der Waals surface area (Å²) in [6.45, 7) is 1.71. The van der Waals surface area contributed by atoms with Crippen LogP contribution in [0.1, 0.15) is 31.7 Å². The number of aliphatic carboxylic acids is 1. The van der Waals surface area contributed by atoms with E-state index in [-0.39, 0.29) is 12.3 Å². The Hall–Kier alpha value is -3.09. The summed E-state index contributed by atoms with van der Waals surface area (Å²) in [6, 6.07) is 3.16. The Morgan fingerprint density at radius 2 is 1.97 bits per heavy atom. The highest BCUT2D eigenvalue weighted by Gasteiger charge is 2.38. The monoisotopic (exact) mass is 533 g/mol. The Morgan fingerprint density at radius 3 is 2.65 bits per heavy atom. The number of likely N-dealkylation sites (tertiary alicyclic amines) is 1. The van der Waals surface area contributed by atoms with Crippen LogP contribution < -0.4 is 16.4 Å². The van der Waals surface area contributed by atoms with Gasteiger partial charge in [0.05, 0.1) is 12.1 Å². The van der Waals surface area contributed by atoms with Crippen LogP contribution in [0.15, 0.2) is 30.5 Å². The van der Waals surface area contributed by atoms with E-state index in [4.69, 9.17) is 5.73 Å². The maximum Gasteiger partial charge on any atom is 0.326 e. The zero-order chi connectivity index (χ0) is 27.1. The highest BCUT2D eigenvalue weighted by molar-refractivity contribution is 7.98. The molecule has 1 aliphatic heterocycles. The highest BCUT2D eigenvalue weighted by Crippen LogP contribution is 2.21.